The monoisotopic (exact) mass is 294 g/mol. The smallest absolute Gasteiger partial charge is 0.127 e. The van der Waals surface area contributed by atoms with Crippen molar-refractivity contribution in [1.29, 1.82) is 0 Å². The fourth-order valence-electron chi connectivity index (χ4n) is 3.20. The van der Waals surface area contributed by atoms with E-state index >= 15 is 0 Å². The first kappa shape index (κ1) is 14.2. The molecule has 1 fully saturated rings. The minimum Gasteiger partial charge on any atom is -0.493 e. The molecule has 0 aliphatic carbocycles. The van der Waals surface area contributed by atoms with E-state index in [-0.39, 0.29) is 0 Å². The van der Waals surface area contributed by atoms with E-state index in [0.29, 0.717) is 6.04 Å². The van der Waals surface area contributed by atoms with Crippen LogP contribution >= 0.6 is 11.6 Å². The van der Waals surface area contributed by atoms with Gasteiger partial charge in [-0.3, -0.25) is 4.90 Å². The molecule has 3 nitrogen and oxygen atoms in total. The molecular weight excluding hydrogens is 272 g/mol. The highest BCUT2D eigenvalue weighted by Crippen LogP contribution is 2.33. The molecule has 2 aliphatic heterocycles. The summed E-state index contributed by atoms with van der Waals surface area (Å²) < 4.78 is 5.81. The predicted octanol–water partition coefficient (Wildman–Crippen LogP) is 2.85. The molecular formula is C16H23ClN2O. The van der Waals surface area contributed by atoms with Crippen LogP contribution in [-0.4, -0.2) is 37.2 Å². The van der Waals surface area contributed by atoms with E-state index in [1.807, 2.05) is 6.07 Å². The number of nitrogens with one attached hydrogen (secondary N) is 1. The summed E-state index contributed by atoms with van der Waals surface area (Å²) in [6.45, 7) is 7.37. The van der Waals surface area contributed by atoms with Crippen molar-refractivity contribution < 1.29 is 4.74 Å². The molecule has 3 rings (SSSR count). The Labute approximate surface area is 126 Å². The molecule has 0 saturated carbocycles. The van der Waals surface area contributed by atoms with Crippen LogP contribution in [0.3, 0.4) is 0 Å². The van der Waals surface area contributed by atoms with Gasteiger partial charge in [-0.25, -0.2) is 0 Å². The summed E-state index contributed by atoms with van der Waals surface area (Å²) in [5.74, 6) is 1.08. The van der Waals surface area contributed by atoms with Crippen molar-refractivity contribution in [3.05, 3.63) is 28.3 Å². The lowest BCUT2D eigenvalue weighted by molar-refractivity contribution is 0.252. The number of halogens is 1. The third-order valence-electron chi connectivity index (χ3n) is 4.27. The van der Waals surface area contributed by atoms with Crippen molar-refractivity contribution in [2.24, 2.45) is 0 Å². The van der Waals surface area contributed by atoms with Gasteiger partial charge in [0.2, 0.25) is 0 Å². The topological polar surface area (TPSA) is 24.5 Å². The zero-order valence-electron chi connectivity index (χ0n) is 12.1. The van der Waals surface area contributed by atoms with E-state index in [4.69, 9.17) is 16.3 Å². The molecule has 4 heteroatoms. The molecule has 0 amide bonds. The van der Waals surface area contributed by atoms with Gasteiger partial charge in [-0.15, -0.1) is 0 Å². The Kier molecular flexibility index (Phi) is 4.49. The molecule has 1 aromatic carbocycles. The Balaban J connectivity index is 1.77. The van der Waals surface area contributed by atoms with E-state index in [9.17, 15) is 0 Å². The van der Waals surface area contributed by atoms with E-state index in [1.54, 1.807) is 0 Å². The average molecular weight is 295 g/mol. The molecule has 0 radical (unpaired) electrons. The Bertz CT molecular complexity index is 478. The van der Waals surface area contributed by atoms with Crippen LogP contribution in [0.5, 0.6) is 5.75 Å². The van der Waals surface area contributed by atoms with Crippen molar-refractivity contribution in [2.45, 2.75) is 38.8 Å². The predicted molar refractivity (Wildman–Crippen MR) is 82.6 cm³/mol. The van der Waals surface area contributed by atoms with Crippen LogP contribution in [0.2, 0.25) is 5.02 Å². The maximum absolute atomic E-state index is 6.25. The Morgan fingerprint density at radius 2 is 2.35 bits per heavy atom. The largest absolute Gasteiger partial charge is 0.493 e. The summed E-state index contributed by atoms with van der Waals surface area (Å²) >= 11 is 6.25. The van der Waals surface area contributed by atoms with Crippen LogP contribution in [0.25, 0.3) is 0 Å². The van der Waals surface area contributed by atoms with Crippen molar-refractivity contribution in [3.8, 4) is 5.75 Å². The molecule has 2 aliphatic rings. The van der Waals surface area contributed by atoms with Crippen LogP contribution in [0.1, 0.15) is 30.9 Å². The lowest BCUT2D eigenvalue weighted by Crippen LogP contribution is -2.36. The number of hydrogen-bond donors (Lipinski definition) is 1. The van der Waals surface area contributed by atoms with Gasteiger partial charge in [-0.05, 0) is 43.6 Å². The van der Waals surface area contributed by atoms with Crippen molar-refractivity contribution in [3.63, 3.8) is 0 Å². The standard InChI is InChI=1S/C16H23ClN2O/c1-2-15-11-19(6-3-5-18-15)10-13-9-14(17)8-12-4-7-20-16(12)13/h8-9,15,18H,2-7,10-11H2,1H3. The fraction of sp³-hybridized carbons (Fsp3) is 0.625. The molecule has 0 bridgehead atoms. The second-order valence-electron chi connectivity index (χ2n) is 5.80. The highest BCUT2D eigenvalue weighted by atomic mass is 35.5. The molecule has 1 atom stereocenters. The Hall–Kier alpha value is -0.770. The van der Waals surface area contributed by atoms with Gasteiger partial charge in [0.1, 0.15) is 5.75 Å². The highest BCUT2D eigenvalue weighted by molar-refractivity contribution is 6.30. The lowest BCUT2D eigenvalue weighted by Gasteiger charge is -2.24. The molecule has 1 N–H and O–H groups in total. The van der Waals surface area contributed by atoms with Crippen LogP contribution in [-0.2, 0) is 13.0 Å². The quantitative estimate of drug-likeness (QED) is 0.928. The first-order valence-electron chi connectivity index (χ1n) is 7.66. The van der Waals surface area contributed by atoms with Crippen molar-refractivity contribution >= 4 is 11.6 Å². The van der Waals surface area contributed by atoms with Gasteiger partial charge in [0, 0.05) is 36.1 Å². The van der Waals surface area contributed by atoms with Gasteiger partial charge in [-0.1, -0.05) is 18.5 Å². The third-order valence-corrected chi connectivity index (χ3v) is 4.49. The second kappa shape index (κ2) is 6.33. The highest BCUT2D eigenvalue weighted by Gasteiger charge is 2.21. The maximum Gasteiger partial charge on any atom is 0.127 e. The summed E-state index contributed by atoms with van der Waals surface area (Å²) in [5, 5.41) is 4.45. The lowest BCUT2D eigenvalue weighted by atomic mass is 10.1. The summed E-state index contributed by atoms with van der Waals surface area (Å²) in [7, 11) is 0. The number of ether oxygens (including phenoxy) is 1. The Morgan fingerprint density at radius 3 is 3.20 bits per heavy atom. The normalized spacial score (nSPS) is 23.2. The summed E-state index contributed by atoms with van der Waals surface area (Å²) in [4.78, 5) is 2.53. The summed E-state index contributed by atoms with van der Waals surface area (Å²) in [6, 6.07) is 4.72. The number of fused-ring (bicyclic) bond motifs is 1. The van der Waals surface area contributed by atoms with Gasteiger partial charge in [0.15, 0.2) is 0 Å². The zero-order chi connectivity index (χ0) is 13.9. The third kappa shape index (κ3) is 3.11. The van der Waals surface area contributed by atoms with Crippen LogP contribution in [0, 0.1) is 0 Å². The number of nitrogens with zero attached hydrogens (tertiary/aromatic N) is 1. The number of benzene rings is 1. The summed E-state index contributed by atoms with van der Waals surface area (Å²) in [6.07, 6.45) is 3.38. The van der Waals surface area contributed by atoms with E-state index in [0.717, 1.165) is 50.0 Å². The maximum atomic E-state index is 6.25. The Morgan fingerprint density at radius 1 is 1.45 bits per heavy atom. The minimum atomic E-state index is 0.602. The first-order chi connectivity index (χ1) is 9.76. The van der Waals surface area contributed by atoms with Gasteiger partial charge < -0.3 is 10.1 Å². The van der Waals surface area contributed by atoms with Gasteiger partial charge in [-0.2, -0.15) is 0 Å². The molecule has 1 saturated heterocycles. The fourth-order valence-corrected chi connectivity index (χ4v) is 3.46. The molecule has 20 heavy (non-hydrogen) atoms. The SMILES string of the molecule is CCC1CN(Cc2cc(Cl)cc3c2OCC3)CCCN1. The van der Waals surface area contributed by atoms with Gasteiger partial charge >= 0.3 is 0 Å². The summed E-state index contributed by atoms with van der Waals surface area (Å²) in [5.41, 5.74) is 2.52. The van der Waals surface area contributed by atoms with Crippen molar-refractivity contribution in [2.75, 3.05) is 26.2 Å². The number of hydrogen-bond acceptors (Lipinski definition) is 3. The van der Waals surface area contributed by atoms with Crippen LogP contribution in [0.4, 0.5) is 0 Å². The molecule has 0 aromatic heterocycles. The molecule has 110 valence electrons. The van der Waals surface area contributed by atoms with Crippen molar-refractivity contribution in [1.82, 2.24) is 10.2 Å². The van der Waals surface area contributed by atoms with E-state index in [1.165, 1.54) is 24.0 Å². The molecule has 1 unspecified atom stereocenters. The van der Waals surface area contributed by atoms with Crippen LogP contribution in [0.15, 0.2) is 12.1 Å². The van der Waals surface area contributed by atoms with Gasteiger partial charge in [0.05, 0.1) is 6.61 Å². The first-order valence-corrected chi connectivity index (χ1v) is 8.04. The van der Waals surface area contributed by atoms with E-state index < -0.39 is 0 Å². The minimum absolute atomic E-state index is 0.602. The van der Waals surface area contributed by atoms with E-state index in [2.05, 4.69) is 23.2 Å². The van der Waals surface area contributed by atoms with Crippen LogP contribution < -0.4 is 10.1 Å². The molecule has 1 aromatic rings. The second-order valence-corrected chi connectivity index (χ2v) is 6.24. The number of rotatable bonds is 3. The molecule has 0 spiro atoms. The molecule has 2 heterocycles. The average Bonchev–Trinajstić information content (AvgIpc) is 2.78. The van der Waals surface area contributed by atoms with Gasteiger partial charge in [0.25, 0.3) is 0 Å². The zero-order valence-corrected chi connectivity index (χ0v) is 12.9.